The lowest BCUT2D eigenvalue weighted by atomic mass is 9.84. The minimum absolute atomic E-state index is 0.156. The first-order valence-corrected chi connectivity index (χ1v) is 12.9. The number of fused-ring (bicyclic) bond motifs is 1. The van der Waals surface area contributed by atoms with Gasteiger partial charge in [0.1, 0.15) is 0 Å². The van der Waals surface area contributed by atoms with E-state index >= 15 is 0 Å². The fraction of sp³-hybridized carbons (Fsp3) is 0.176. The van der Waals surface area contributed by atoms with Gasteiger partial charge in [0.05, 0.1) is 12.1 Å². The van der Waals surface area contributed by atoms with Crippen LogP contribution in [0.15, 0.2) is 139 Å². The van der Waals surface area contributed by atoms with E-state index in [2.05, 4.69) is 132 Å². The molecule has 1 heterocycles. The molecule has 2 atom stereocenters. The van der Waals surface area contributed by atoms with Gasteiger partial charge >= 0.3 is 0 Å². The third kappa shape index (κ3) is 4.12. The molecule has 1 fully saturated rings. The zero-order chi connectivity index (χ0) is 23.5. The third-order valence-corrected chi connectivity index (χ3v) is 7.42. The van der Waals surface area contributed by atoms with Gasteiger partial charge in [0.25, 0.3) is 0 Å². The van der Waals surface area contributed by atoms with E-state index in [1.165, 1.54) is 58.4 Å². The molecule has 4 aromatic carbocycles. The molecule has 2 aliphatic rings. The van der Waals surface area contributed by atoms with Crippen molar-refractivity contribution in [1.29, 1.82) is 0 Å². The summed E-state index contributed by atoms with van der Waals surface area (Å²) >= 11 is 0. The molecule has 0 N–H and O–H groups in total. The van der Waals surface area contributed by atoms with Crippen molar-refractivity contribution in [3.05, 3.63) is 155 Å². The minimum Gasteiger partial charge on any atom is -0.353 e. The summed E-state index contributed by atoms with van der Waals surface area (Å²) in [5.41, 5.74) is 9.56. The van der Waals surface area contributed by atoms with Gasteiger partial charge in [-0.1, -0.05) is 122 Å². The number of allylic oxidation sites excluding steroid dienone is 1. The van der Waals surface area contributed by atoms with Crippen LogP contribution in [0.25, 0.3) is 5.57 Å². The van der Waals surface area contributed by atoms with Crippen LogP contribution in [-0.2, 0) is 0 Å². The molecule has 1 aliphatic carbocycles. The first-order valence-electron chi connectivity index (χ1n) is 12.9. The van der Waals surface area contributed by atoms with Crippen molar-refractivity contribution >= 4 is 11.3 Å². The Balaban J connectivity index is 1.70. The highest BCUT2D eigenvalue weighted by molar-refractivity contribution is 5.88. The van der Waals surface area contributed by atoms with Crippen molar-refractivity contribution in [2.45, 2.75) is 37.8 Å². The Morgan fingerprint density at radius 3 is 1.74 bits per heavy atom. The van der Waals surface area contributed by atoms with Gasteiger partial charge in [-0.05, 0) is 64.8 Å². The fourth-order valence-corrected chi connectivity index (χ4v) is 5.95. The van der Waals surface area contributed by atoms with Crippen molar-refractivity contribution in [1.82, 2.24) is 0 Å². The van der Waals surface area contributed by atoms with Gasteiger partial charge in [-0.3, -0.25) is 0 Å². The number of benzene rings is 4. The van der Waals surface area contributed by atoms with E-state index in [9.17, 15) is 0 Å². The summed E-state index contributed by atoms with van der Waals surface area (Å²) in [7, 11) is 0. The summed E-state index contributed by atoms with van der Waals surface area (Å²) in [5.74, 6) is 0. The van der Waals surface area contributed by atoms with Crippen molar-refractivity contribution in [3.63, 3.8) is 0 Å². The number of hydrogen-bond acceptors (Lipinski definition) is 1. The number of hydrogen-bond donors (Lipinski definition) is 0. The summed E-state index contributed by atoms with van der Waals surface area (Å²) in [6.45, 7) is 0. The molecule has 0 bridgehead atoms. The van der Waals surface area contributed by atoms with Crippen molar-refractivity contribution in [3.8, 4) is 0 Å². The molecule has 1 heteroatoms. The Morgan fingerprint density at radius 1 is 0.600 bits per heavy atom. The van der Waals surface area contributed by atoms with Gasteiger partial charge in [0.2, 0.25) is 0 Å². The smallest absolute Gasteiger partial charge is 0.0811 e. The molecule has 4 aromatic rings. The van der Waals surface area contributed by atoms with Crippen molar-refractivity contribution in [2.24, 2.45) is 0 Å². The summed E-state index contributed by atoms with van der Waals surface area (Å²) in [5, 5.41) is 0. The zero-order valence-corrected chi connectivity index (χ0v) is 20.1. The van der Waals surface area contributed by atoms with E-state index in [0.717, 1.165) is 6.42 Å². The maximum Gasteiger partial charge on any atom is 0.0811 e. The molecule has 1 aliphatic heterocycles. The van der Waals surface area contributed by atoms with Crippen LogP contribution in [0.4, 0.5) is 5.69 Å². The van der Waals surface area contributed by atoms with Crippen LogP contribution < -0.4 is 4.90 Å². The molecule has 0 amide bonds. The third-order valence-electron chi connectivity index (χ3n) is 7.42. The maximum atomic E-state index is 2.70. The summed E-state index contributed by atoms with van der Waals surface area (Å²) in [6.07, 6.45) is 7.41. The second kappa shape index (κ2) is 9.80. The van der Waals surface area contributed by atoms with Gasteiger partial charge in [0, 0.05) is 5.69 Å². The molecule has 0 radical (unpaired) electrons. The van der Waals surface area contributed by atoms with Crippen molar-refractivity contribution < 1.29 is 0 Å². The van der Waals surface area contributed by atoms with Crippen LogP contribution in [0, 0.1) is 0 Å². The van der Waals surface area contributed by atoms with Crippen LogP contribution in [-0.4, -0.2) is 6.04 Å². The quantitative estimate of drug-likeness (QED) is 0.299. The zero-order valence-electron chi connectivity index (χ0n) is 20.1. The molecule has 0 spiro atoms. The lowest BCUT2D eigenvalue weighted by molar-refractivity contribution is 0.602. The van der Waals surface area contributed by atoms with E-state index in [4.69, 9.17) is 0 Å². The second-order valence-corrected chi connectivity index (χ2v) is 9.54. The van der Waals surface area contributed by atoms with Crippen LogP contribution in [0.5, 0.6) is 0 Å². The van der Waals surface area contributed by atoms with Gasteiger partial charge in [0.15, 0.2) is 0 Å². The summed E-state index contributed by atoms with van der Waals surface area (Å²) in [6, 6.07) is 44.7. The lowest BCUT2D eigenvalue weighted by Crippen LogP contribution is -2.32. The van der Waals surface area contributed by atoms with Crippen LogP contribution >= 0.6 is 0 Å². The first-order chi connectivity index (χ1) is 17.4. The normalized spacial score (nSPS) is 19.6. The van der Waals surface area contributed by atoms with Crippen LogP contribution in [0.1, 0.15) is 48.4 Å². The SMILES string of the molecule is C1=C2C(=C(c3ccccc3)c3ccccc3)C(c3ccccc3)N(c3ccccc3)C2CCCC1. The predicted molar refractivity (Wildman–Crippen MR) is 147 cm³/mol. The predicted octanol–water partition coefficient (Wildman–Crippen LogP) is 8.62. The summed E-state index contributed by atoms with van der Waals surface area (Å²) in [4.78, 5) is 2.70. The highest BCUT2D eigenvalue weighted by Gasteiger charge is 2.43. The Hall–Kier alpha value is -3.84. The fourth-order valence-electron chi connectivity index (χ4n) is 5.95. The van der Waals surface area contributed by atoms with E-state index in [0.29, 0.717) is 6.04 Å². The van der Waals surface area contributed by atoms with Crippen molar-refractivity contribution in [2.75, 3.05) is 4.90 Å². The molecule has 35 heavy (non-hydrogen) atoms. The first kappa shape index (κ1) is 21.7. The molecular weight excluding hydrogens is 422 g/mol. The number of rotatable bonds is 4. The molecule has 6 rings (SSSR count). The minimum atomic E-state index is 0.156. The van der Waals surface area contributed by atoms with Crippen LogP contribution in [0.2, 0.25) is 0 Å². The summed E-state index contributed by atoms with van der Waals surface area (Å²) < 4.78 is 0. The standard InChI is InChI=1S/C34H31N/c1-6-16-26(17-7-1)32(27-18-8-2-9-19-27)33-30-24-14-5-15-25-31(30)35(29-22-12-4-13-23-29)34(33)28-20-10-3-11-21-28/h1-4,6-13,16-24,31,34H,5,14-15,25H2. The highest BCUT2D eigenvalue weighted by Crippen LogP contribution is 2.52. The Bertz CT molecular complexity index is 1280. The molecular formula is C34H31N. The van der Waals surface area contributed by atoms with Gasteiger partial charge in [-0.25, -0.2) is 0 Å². The average molecular weight is 454 g/mol. The van der Waals surface area contributed by atoms with E-state index in [-0.39, 0.29) is 6.04 Å². The van der Waals surface area contributed by atoms with Gasteiger partial charge in [-0.2, -0.15) is 0 Å². The topological polar surface area (TPSA) is 3.24 Å². The lowest BCUT2D eigenvalue weighted by Gasteiger charge is -2.33. The number of para-hydroxylation sites is 1. The average Bonchev–Trinajstić information content (AvgIpc) is 3.06. The Kier molecular flexibility index (Phi) is 6.07. The van der Waals surface area contributed by atoms with Crippen LogP contribution in [0.3, 0.4) is 0 Å². The maximum absolute atomic E-state index is 2.70. The van der Waals surface area contributed by atoms with Gasteiger partial charge < -0.3 is 4.90 Å². The second-order valence-electron chi connectivity index (χ2n) is 9.54. The molecule has 2 unspecified atom stereocenters. The molecule has 1 saturated heterocycles. The molecule has 0 saturated carbocycles. The molecule has 0 aromatic heterocycles. The Morgan fingerprint density at radius 2 is 1.14 bits per heavy atom. The number of anilines is 1. The molecule has 1 nitrogen and oxygen atoms in total. The monoisotopic (exact) mass is 453 g/mol. The highest BCUT2D eigenvalue weighted by atomic mass is 15.2. The van der Waals surface area contributed by atoms with E-state index in [1.54, 1.807) is 0 Å². The molecule has 172 valence electrons. The largest absolute Gasteiger partial charge is 0.353 e. The van der Waals surface area contributed by atoms with E-state index in [1.807, 2.05) is 0 Å². The van der Waals surface area contributed by atoms with E-state index < -0.39 is 0 Å². The Labute approximate surface area is 209 Å². The van der Waals surface area contributed by atoms with Gasteiger partial charge in [-0.15, -0.1) is 0 Å². The number of nitrogens with zero attached hydrogens (tertiary/aromatic N) is 1.